The van der Waals surface area contributed by atoms with E-state index in [4.69, 9.17) is 0 Å². The lowest BCUT2D eigenvalue weighted by atomic mass is 10.1. The van der Waals surface area contributed by atoms with Crippen LogP contribution >= 0.6 is 0 Å². The fraction of sp³-hybridized carbons (Fsp3) is 0.222. The van der Waals surface area contributed by atoms with E-state index >= 15 is 0 Å². The molecule has 0 atom stereocenters. The zero-order chi connectivity index (χ0) is 13.6. The van der Waals surface area contributed by atoms with Crippen molar-refractivity contribution < 1.29 is 0 Å². The second kappa shape index (κ2) is 11.7. The fourth-order valence-corrected chi connectivity index (χ4v) is 1.32. The standard InChI is InChI=1S/C14H12.2C2H6/c1-3-7-13(8-4-1)11-12-14-9-5-2-6-10-14;2*1-2/h1-12H;2*1-2H3. The smallest absolute Gasteiger partial charge is 0.0256 e. The summed E-state index contributed by atoms with van der Waals surface area (Å²) in [7, 11) is 0. The van der Waals surface area contributed by atoms with Gasteiger partial charge in [-0.05, 0) is 11.1 Å². The summed E-state index contributed by atoms with van der Waals surface area (Å²) in [6.07, 6.45) is 4.24. The van der Waals surface area contributed by atoms with Crippen LogP contribution in [0.5, 0.6) is 0 Å². The molecule has 2 aromatic carbocycles. The second-order valence-electron chi connectivity index (χ2n) is 3.15. The van der Waals surface area contributed by atoms with Gasteiger partial charge in [0.2, 0.25) is 0 Å². The van der Waals surface area contributed by atoms with Gasteiger partial charge in [-0.3, -0.25) is 0 Å². The number of hydrogen-bond acceptors (Lipinski definition) is 0. The Morgan fingerprint density at radius 3 is 1.06 bits per heavy atom. The topological polar surface area (TPSA) is 0 Å². The van der Waals surface area contributed by atoms with Crippen LogP contribution in [0.1, 0.15) is 38.8 Å². The molecule has 0 aliphatic heterocycles. The monoisotopic (exact) mass is 240 g/mol. The Morgan fingerprint density at radius 1 is 0.500 bits per heavy atom. The van der Waals surface area contributed by atoms with Crippen LogP contribution in [0.4, 0.5) is 0 Å². The molecule has 18 heavy (non-hydrogen) atoms. The molecule has 0 N–H and O–H groups in total. The van der Waals surface area contributed by atoms with Gasteiger partial charge in [0.1, 0.15) is 0 Å². The highest BCUT2D eigenvalue weighted by atomic mass is 13.9. The minimum absolute atomic E-state index is 1.23. The van der Waals surface area contributed by atoms with Gasteiger partial charge >= 0.3 is 0 Å². The molecule has 0 spiro atoms. The maximum Gasteiger partial charge on any atom is -0.0256 e. The van der Waals surface area contributed by atoms with Crippen LogP contribution in [-0.4, -0.2) is 0 Å². The lowest BCUT2D eigenvalue weighted by Crippen LogP contribution is -1.70. The Balaban J connectivity index is 0.000000659. The Morgan fingerprint density at radius 2 is 0.778 bits per heavy atom. The first-order chi connectivity index (χ1) is 8.95. The van der Waals surface area contributed by atoms with Gasteiger partial charge in [0, 0.05) is 0 Å². The Kier molecular flexibility index (Phi) is 10.5. The van der Waals surface area contributed by atoms with Crippen LogP contribution in [0, 0.1) is 0 Å². The summed E-state index contributed by atoms with van der Waals surface area (Å²) in [5.41, 5.74) is 2.47. The zero-order valence-electron chi connectivity index (χ0n) is 11.9. The molecular weight excluding hydrogens is 216 g/mol. The molecule has 0 bridgehead atoms. The lowest BCUT2D eigenvalue weighted by molar-refractivity contribution is 1.50. The van der Waals surface area contributed by atoms with E-state index in [0.29, 0.717) is 0 Å². The highest BCUT2D eigenvalue weighted by Crippen LogP contribution is 2.06. The van der Waals surface area contributed by atoms with Gasteiger partial charge in [-0.15, -0.1) is 0 Å². The molecule has 0 radical (unpaired) electrons. The number of rotatable bonds is 2. The normalized spacial score (nSPS) is 8.89. The van der Waals surface area contributed by atoms with E-state index in [1.807, 2.05) is 64.1 Å². The van der Waals surface area contributed by atoms with E-state index < -0.39 is 0 Å². The van der Waals surface area contributed by atoms with E-state index in [0.717, 1.165) is 0 Å². The number of hydrogen-bond donors (Lipinski definition) is 0. The second-order valence-corrected chi connectivity index (χ2v) is 3.15. The van der Waals surface area contributed by atoms with Crippen LogP contribution in [0.25, 0.3) is 12.2 Å². The third-order valence-corrected chi connectivity index (χ3v) is 2.07. The van der Waals surface area contributed by atoms with E-state index in [9.17, 15) is 0 Å². The van der Waals surface area contributed by atoms with Gasteiger partial charge in [0.05, 0.1) is 0 Å². The van der Waals surface area contributed by atoms with Crippen molar-refractivity contribution in [3.05, 3.63) is 71.8 Å². The predicted molar refractivity (Wildman–Crippen MR) is 84.5 cm³/mol. The highest BCUT2D eigenvalue weighted by Gasteiger charge is 1.84. The molecule has 2 aromatic rings. The van der Waals surface area contributed by atoms with Gasteiger partial charge in [-0.1, -0.05) is 101 Å². The molecule has 0 aliphatic rings. The summed E-state index contributed by atoms with van der Waals surface area (Å²) in [4.78, 5) is 0. The summed E-state index contributed by atoms with van der Waals surface area (Å²) in [5.74, 6) is 0. The van der Waals surface area contributed by atoms with Crippen molar-refractivity contribution in [3.63, 3.8) is 0 Å². The van der Waals surface area contributed by atoms with E-state index in [1.165, 1.54) is 11.1 Å². The quantitative estimate of drug-likeness (QED) is 0.572. The molecule has 0 heterocycles. The van der Waals surface area contributed by atoms with Crippen molar-refractivity contribution in [2.45, 2.75) is 27.7 Å². The largest absolute Gasteiger partial charge is 0.0683 e. The summed E-state index contributed by atoms with van der Waals surface area (Å²) < 4.78 is 0. The molecule has 2 rings (SSSR count). The maximum absolute atomic E-state index is 2.12. The number of benzene rings is 2. The third kappa shape index (κ3) is 6.70. The summed E-state index contributed by atoms with van der Waals surface area (Å²) in [5, 5.41) is 0. The first kappa shape index (κ1) is 16.2. The summed E-state index contributed by atoms with van der Waals surface area (Å²) in [6.45, 7) is 8.00. The van der Waals surface area contributed by atoms with Crippen molar-refractivity contribution in [2.75, 3.05) is 0 Å². The van der Waals surface area contributed by atoms with Crippen molar-refractivity contribution >= 4 is 12.2 Å². The molecule has 96 valence electrons. The zero-order valence-corrected chi connectivity index (χ0v) is 11.9. The van der Waals surface area contributed by atoms with Crippen LogP contribution in [0.2, 0.25) is 0 Å². The van der Waals surface area contributed by atoms with Crippen LogP contribution in [0.3, 0.4) is 0 Å². The van der Waals surface area contributed by atoms with Crippen molar-refractivity contribution in [2.24, 2.45) is 0 Å². The molecule has 0 amide bonds. The highest BCUT2D eigenvalue weighted by molar-refractivity contribution is 5.69. The van der Waals surface area contributed by atoms with Crippen molar-refractivity contribution in [1.29, 1.82) is 0 Å². The fourth-order valence-electron chi connectivity index (χ4n) is 1.32. The van der Waals surface area contributed by atoms with E-state index in [2.05, 4.69) is 36.4 Å². The lowest BCUT2D eigenvalue weighted by Gasteiger charge is -1.92. The Hall–Kier alpha value is -1.82. The molecule has 0 saturated heterocycles. The SMILES string of the molecule is C(=Cc1ccccc1)c1ccccc1.CC.CC. The summed E-state index contributed by atoms with van der Waals surface area (Å²) in [6, 6.07) is 20.6. The van der Waals surface area contributed by atoms with Crippen molar-refractivity contribution in [1.82, 2.24) is 0 Å². The predicted octanol–water partition coefficient (Wildman–Crippen LogP) is 5.91. The summed E-state index contributed by atoms with van der Waals surface area (Å²) >= 11 is 0. The van der Waals surface area contributed by atoms with Crippen molar-refractivity contribution in [3.8, 4) is 0 Å². The molecule has 0 fully saturated rings. The van der Waals surface area contributed by atoms with Gasteiger partial charge in [-0.25, -0.2) is 0 Å². The van der Waals surface area contributed by atoms with E-state index in [-0.39, 0.29) is 0 Å². The van der Waals surface area contributed by atoms with E-state index in [1.54, 1.807) is 0 Å². The van der Waals surface area contributed by atoms with Crippen LogP contribution < -0.4 is 0 Å². The molecular formula is C18H24. The molecule has 0 heteroatoms. The average Bonchev–Trinajstić information content (AvgIpc) is 2.51. The minimum Gasteiger partial charge on any atom is -0.0683 e. The van der Waals surface area contributed by atoms with Gasteiger partial charge in [-0.2, -0.15) is 0 Å². The van der Waals surface area contributed by atoms with Gasteiger partial charge < -0.3 is 0 Å². The molecule has 0 saturated carbocycles. The van der Waals surface area contributed by atoms with Gasteiger partial charge in [0.25, 0.3) is 0 Å². The minimum atomic E-state index is 1.23. The first-order valence-corrected chi connectivity index (χ1v) is 6.73. The Labute approximate surface area is 112 Å². The van der Waals surface area contributed by atoms with Crippen LogP contribution in [-0.2, 0) is 0 Å². The molecule has 0 unspecified atom stereocenters. The van der Waals surface area contributed by atoms with Gasteiger partial charge in [0.15, 0.2) is 0 Å². The van der Waals surface area contributed by atoms with Crippen LogP contribution in [0.15, 0.2) is 60.7 Å². The molecule has 0 aromatic heterocycles. The molecule has 0 nitrogen and oxygen atoms in total. The first-order valence-electron chi connectivity index (χ1n) is 6.73. The average molecular weight is 240 g/mol. The third-order valence-electron chi connectivity index (χ3n) is 2.07. The molecule has 0 aliphatic carbocycles. The Bertz CT molecular complexity index is 357. The maximum atomic E-state index is 2.12.